The van der Waals surface area contributed by atoms with Crippen molar-refractivity contribution in [3.05, 3.63) is 24.3 Å². The van der Waals surface area contributed by atoms with Gasteiger partial charge in [0, 0.05) is 24.5 Å². The minimum atomic E-state index is 0.315. The summed E-state index contributed by atoms with van der Waals surface area (Å²) in [6.45, 7) is 0.972. The van der Waals surface area contributed by atoms with Crippen molar-refractivity contribution in [2.75, 3.05) is 6.54 Å². The average molecular weight is 178 g/mol. The Morgan fingerprint density at radius 1 is 1.31 bits per heavy atom. The van der Waals surface area contributed by atoms with E-state index in [1.54, 1.807) is 6.33 Å². The van der Waals surface area contributed by atoms with Crippen molar-refractivity contribution < 1.29 is 0 Å². The predicted molar refractivity (Wildman–Crippen MR) is 49.5 cm³/mol. The highest BCUT2D eigenvalue weighted by atomic mass is 15.4. The van der Waals surface area contributed by atoms with Crippen LogP contribution in [0.1, 0.15) is 30.9 Å². The predicted octanol–water partition coefficient (Wildman–Crippen LogP) is 0.877. The lowest BCUT2D eigenvalue weighted by Gasteiger charge is -2.31. The van der Waals surface area contributed by atoms with Gasteiger partial charge < -0.3 is 0 Å². The maximum absolute atomic E-state index is 5.89. The fourth-order valence-electron chi connectivity index (χ4n) is 1.79. The van der Waals surface area contributed by atoms with Gasteiger partial charge in [-0.15, -0.1) is 0 Å². The molecule has 2 heterocycles. The van der Waals surface area contributed by atoms with E-state index in [2.05, 4.69) is 9.97 Å². The lowest BCUT2D eigenvalue weighted by Crippen LogP contribution is -2.38. The largest absolute Gasteiger partial charge is 0.268 e. The molecule has 0 aromatic carbocycles. The third kappa shape index (κ3) is 1.84. The van der Waals surface area contributed by atoms with E-state index in [4.69, 9.17) is 5.84 Å². The summed E-state index contributed by atoms with van der Waals surface area (Å²) in [4.78, 5) is 8.00. The molecule has 2 rings (SSSR count). The zero-order chi connectivity index (χ0) is 9.10. The molecule has 1 aliphatic rings. The molecule has 2 N–H and O–H groups in total. The highest BCUT2D eigenvalue weighted by molar-refractivity contribution is 5.09. The van der Waals surface area contributed by atoms with Crippen LogP contribution in [0.2, 0.25) is 0 Å². The van der Waals surface area contributed by atoms with Crippen LogP contribution in [0.5, 0.6) is 0 Å². The van der Waals surface area contributed by atoms with Crippen molar-refractivity contribution >= 4 is 0 Å². The fourth-order valence-corrected chi connectivity index (χ4v) is 1.79. The second-order valence-corrected chi connectivity index (χ2v) is 3.42. The number of nitrogens with two attached hydrogens (primary N) is 1. The zero-order valence-corrected chi connectivity index (χ0v) is 7.56. The molecule has 1 aromatic heterocycles. The first-order valence-electron chi connectivity index (χ1n) is 4.64. The lowest BCUT2D eigenvalue weighted by atomic mass is 9.99. The Kier molecular flexibility index (Phi) is 2.52. The summed E-state index contributed by atoms with van der Waals surface area (Å²) < 4.78 is 0. The summed E-state index contributed by atoms with van der Waals surface area (Å²) in [5.41, 5.74) is 1.13. The number of piperidine rings is 1. The molecule has 0 radical (unpaired) electrons. The maximum Gasteiger partial charge on any atom is 0.115 e. The number of hydrogen-bond donors (Lipinski definition) is 1. The normalized spacial score (nSPS) is 24.5. The molecule has 0 saturated carbocycles. The molecule has 0 aliphatic carbocycles. The number of hydrazine groups is 1. The van der Waals surface area contributed by atoms with E-state index in [-0.39, 0.29) is 0 Å². The van der Waals surface area contributed by atoms with Crippen LogP contribution in [0, 0.1) is 0 Å². The molecular formula is C9H14N4. The first kappa shape index (κ1) is 8.59. The van der Waals surface area contributed by atoms with Gasteiger partial charge in [0.15, 0.2) is 0 Å². The molecule has 1 atom stereocenters. The number of rotatable bonds is 1. The van der Waals surface area contributed by atoms with Gasteiger partial charge in [-0.3, -0.25) is 5.84 Å². The molecule has 1 aliphatic heterocycles. The smallest absolute Gasteiger partial charge is 0.115 e. The molecule has 1 unspecified atom stereocenters. The Labute approximate surface area is 77.8 Å². The molecule has 0 amide bonds. The zero-order valence-electron chi connectivity index (χ0n) is 7.56. The first-order chi connectivity index (χ1) is 6.38. The Balaban J connectivity index is 2.15. The van der Waals surface area contributed by atoms with Gasteiger partial charge in [-0.1, -0.05) is 6.42 Å². The Morgan fingerprint density at radius 2 is 2.08 bits per heavy atom. The molecule has 13 heavy (non-hydrogen) atoms. The van der Waals surface area contributed by atoms with Crippen LogP contribution in [0.4, 0.5) is 0 Å². The molecule has 1 fully saturated rings. The van der Waals surface area contributed by atoms with Crippen LogP contribution >= 0.6 is 0 Å². The van der Waals surface area contributed by atoms with Gasteiger partial charge in [0.05, 0.1) is 6.04 Å². The van der Waals surface area contributed by atoms with Gasteiger partial charge in [0.2, 0.25) is 0 Å². The number of nitrogens with zero attached hydrogens (tertiary/aromatic N) is 3. The summed E-state index contributed by atoms with van der Waals surface area (Å²) in [5.74, 6) is 5.89. The summed E-state index contributed by atoms with van der Waals surface area (Å²) in [5, 5.41) is 1.89. The van der Waals surface area contributed by atoms with E-state index in [9.17, 15) is 0 Å². The monoisotopic (exact) mass is 178 g/mol. The molecule has 4 heteroatoms. The molecule has 0 bridgehead atoms. The van der Waals surface area contributed by atoms with Gasteiger partial charge in [-0.25, -0.2) is 15.0 Å². The molecule has 0 spiro atoms. The summed E-state index contributed by atoms with van der Waals surface area (Å²) in [6, 6.07) is 0.315. The molecule has 4 nitrogen and oxygen atoms in total. The second kappa shape index (κ2) is 3.81. The van der Waals surface area contributed by atoms with Crippen molar-refractivity contribution in [1.82, 2.24) is 15.0 Å². The van der Waals surface area contributed by atoms with E-state index >= 15 is 0 Å². The third-order valence-electron chi connectivity index (χ3n) is 2.51. The van der Waals surface area contributed by atoms with E-state index in [1.807, 2.05) is 17.4 Å². The van der Waals surface area contributed by atoms with Crippen LogP contribution in [-0.4, -0.2) is 21.5 Å². The van der Waals surface area contributed by atoms with E-state index in [1.165, 1.54) is 12.8 Å². The molecule has 1 aromatic rings. The fraction of sp³-hybridized carbons (Fsp3) is 0.556. The van der Waals surface area contributed by atoms with Crippen molar-refractivity contribution in [2.24, 2.45) is 5.84 Å². The van der Waals surface area contributed by atoms with Crippen LogP contribution < -0.4 is 5.84 Å². The van der Waals surface area contributed by atoms with Crippen molar-refractivity contribution in [3.8, 4) is 0 Å². The highest BCUT2D eigenvalue weighted by Gasteiger charge is 2.21. The van der Waals surface area contributed by atoms with Crippen molar-refractivity contribution in [2.45, 2.75) is 25.3 Å². The topological polar surface area (TPSA) is 55.0 Å². The Hall–Kier alpha value is -1.00. The minimum Gasteiger partial charge on any atom is -0.268 e. The second-order valence-electron chi connectivity index (χ2n) is 3.42. The van der Waals surface area contributed by atoms with Gasteiger partial charge in [0.25, 0.3) is 0 Å². The SMILES string of the molecule is NN1CCCCC1c1cncnc1. The van der Waals surface area contributed by atoms with Gasteiger partial charge in [-0.05, 0) is 12.8 Å². The number of aromatic nitrogens is 2. The van der Waals surface area contributed by atoms with Gasteiger partial charge >= 0.3 is 0 Å². The Bertz CT molecular complexity index is 262. The third-order valence-corrected chi connectivity index (χ3v) is 2.51. The van der Waals surface area contributed by atoms with E-state index in [0.717, 1.165) is 18.5 Å². The lowest BCUT2D eigenvalue weighted by molar-refractivity contribution is 0.151. The summed E-state index contributed by atoms with van der Waals surface area (Å²) >= 11 is 0. The quantitative estimate of drug-likeness (QED) is 0.648. The Morgan fingerprint density at radius 3 is 2.77 bits per heavy atom. The van der Waals surface area contributed by atoms with E-state index < -0.39 is 0 Å². The first-order valence-corrected chi connectivity index (χ1v) is 4.64. The minimum absolute atomic E-state index is 0.315. The molecule has 1 saturated heterocycles. The highest BCUT2D eigenvalue weighted by Crippen LogP contribution is 2.26. The standard InChI is InChI=1S/C9H14N4/c10-13-4-2-1-3-9(13)8-5-11-7-12-6-8/h5-7,9H,1-4,10H2. The maximum atomic E-state index is 5.89. The van der Waals surface area contributed by atoms with Crippen molar-refractivity contribution in [3.63, 3.8) is 0 Å². The molecular weight excluding hydrogens is 164 g/mol. The van der Waals surface area contributed by atoms with Gasteiger partial charge in [-0.2, -0.15) is 0 Å². The summed E-state index contributed by atoms with van der Waals surface area (Å²) in [6.07, 6.45) is 8.80. The van der Waals surface area contributed by atoms with Crippen molar-refractivity contribution in [1.29, 1.82) is 0 Å². The van der Waals surface area contributed by atoms with Crippen LogP contribution in [0.3, 0.4) is 0 Å². The average Bonchev–Trinajstić information content (AvgIpc) is 2.20. The van der Waals surface area contributed by atoms with Crippen LogP contribution in [0.15, 0.2) is 18.7 Å². The van der Waals surface area contributed by atoms with Gasteiger partial charge in [0.1, 0.15) is 6.33 Å². The van der Waals surface area contributed by atoms with Crippen LogP contribution in [0.25, 0.3) is 0 Å². The molecule has 70 valence electrons. The van der Waals surface area contributed by atoms with E-state index in [0.29, 0.717) is 6.04 Å². The number of hydrogen-bond acceptors (Lipinski definition) is 4. The summed E-state index contributed by atoms with van der Waals surface area (Å²) in [7, 11) is 0. The van der Waals surface area contributed by atoms with Crippen LogP contribution in [-0.2, 0) is 0 Å².